The maximum Gasteiger partial charge on any atom is 0.408 e. The molecule has 0 heterocycles. The number of nitrogens with one attached hydrogen (secondary N) is 1. The molecule has 1 unspecified atom stereocenters. The van der Waals surface area contributed by atoms with Crippen LogP contribution in [0.4, 0.5) is 4.79 Å². The van der Waals surface area contributed by atoms with Gasteiger partial charge in [-0.25, -0.2) is 9.59 Å². The summed E-state index contributed by atoms with van der Waals surface area (Å²) in [5.74, 6) is -1.62. The van der Waals surface area contributed by atoms with Crippen molar-refractivity contribution in [2.45, 2.75) is 45.3 Å². The number of carboxylic acid groups (broad SMARTS) is 1. The van der Waals surface area contributed by atoms with Crippen molar-refractivity contribution in [1.82, 2.24) is 5.32 Å². The third kappa shape index (κ3) is 5.09. The molecule has 1 rings (SSSR count). The molecule has 0 spiro atoms. The summed E-state index contributed by atoms with van der Waals surface area (Å²) in [6.07, 6.45) is -0.777. The summed E-state index contributed by atoms with van der Waals surface area (Å²) in [7, 11) is 0. The van der Waals surface area contributed by atoms with E-state index in [1.807, 2.05) is 6.07 Å². The van der Waals surface area contributed by atoms with E-state index >= 15 is 0 Å². The quantitative estimate of drug-likeness (QED) is 0.890. The van der Waals surface area contributed by atoms with E-state index in [0.29, 0.717) is 11.1 Å². The standard InChI is InChI=1S/C16H20N2O4/c1-10(12-7-5-11(9-17)6-8-12)13(14(19)20)18-15(21)22-16(2,3)4/h5-8,10,13H,1-4H3,(H,18,21)(H,19,20)/t10?,13-/m1/s1. The van der Waals surface area contributed by atoms with Crippen molar-refractivity contribution in [3.8, 4) is 6.07 Å². The summed E-state index contributed by atoms with van der Waals surface area (Å²) in [5, 5.41) is 20.5. The molecule has 0 fully saturated rings. The van der Waals surface area contributed by atoms with E-state index in [2.05, 4.69) is 5.32 Å². The van der Waals surface area contributed by atoms with Gasteiger partial charge < -0.3 is 15.2 Å². The Bertz CT molecular complexity index is 582. The lowest BCUT2D eigenvalue weighted by Gasteiger charge is -2.25. The number of hydrogen-bond donors (Lipinski definition) is 2. The molecule has 1 aromatic rings. The van der Waals surface area contributed by atoms with E-state index in [4.69, 9.17) is 10.00 Å². The molecule has 22 heavy (non-hydrogen) atoms. The zero-order valence-electron chi connectivity index (χ0n) is 13.1. The fraction of sp³-hybridized carbons (Fsp3) is 0.438. The van der Waals surface area contributed by atoms with Crippen LogP contribution in [0.1, 0.15) is 44.7 Å². The molecule has 0 aliphatic heterocycles. The highest BCUT2D eigenvalue weighted by atomic mass is 16.6. The molecule has 6 heteroatoms. The molecule has 0 aliphatic carbocycles. The molecule has 0 aromatic heterocycles. The number of amides is 1. The van der Waals surface area contributed by atoms with Gasteiger partial charge in [0.2, 0.25) is 0 Å². The Labute approximate surface area is 129 Å². The predicted molar refractivity (Wildman–Crippen MR) is 80.4 cm³/mol. The van der Waals surface area contributed by atoms with Crippen molar-refractivity contribution in [2.24, 2.45) is 0 Å². The van der Waals surface area contributed by atoms with Gasteiger partial charge in [-0.15, -0.1) is 0 Å². The predicted octanol–water partition coefficient (Wildman–Crippen LogP) is 2.64. The van der Waals surface area contributed by atoms with Crippen molar-refractivity contribution in [3.63, 3.8) is 0 Å². The fourth-order valence-corrected chi connectivity index (χ4v) is 1.89. The first-order valence-corrected chi connectivity index (χ1v) is 6.86. The van der Waals surface area contributed by atoms with Gasteiger partial charge in [0.05, 0.1) is 11.6 Å². The minimum Gasteiger partial charge on any atom is -0.480 e. The Morgan fingerprint density at radius 1 is 1.27 bits per heavy atom. The second kappa shape index (κ2) is 6.94. The number of carbonyl (C=O) groups excluding carboxylic acids is 1. The van der Waals surface area contributed by atoms with Crippen LogP contribution in [0.25, 0.3) is 0 Å². The molecule has 1 aromatic carbocycles. The average Bonchev–Trinajstić information content (AvgIpc) is 2.42. The van der Waals surface area contributed by atoms with Gasteiger partial charge in [-0.3, -0.25) is 0 Å². The lowest BCUT2D eigenvalue weighted by atomic mass is 9.93. The zero-order chi connectivity index (χ0) is 16.9. The molecular weight excluding hydrogens is 284 g/mol. The molecule has 1 amide bonds. The van der Waals surface area contributed by atoms with E-state index < -0.39 is 29.6 Å². The van der Waals surface area contributed by atoms with Gasteiger partial charge in [-0.1, -0.05) is 19.1 Å². The lowest BCUT2D eigenvalue weighted by molar-refractivity contribution is -0.140. The van der Waals surface area contributed by atoms with Crippen molar-refractivity contribution in [1.29, 1.82) is 5.26 Å². The number of benzene rings is 1. The highest BCUT2D eigenvalue weighted by molar-refractivity contribution is 5.81. The first-order chi connectivity index (χ1) is 10.1. The number of alkyl carbamates (subject to hydrolysis) is 1. The van der Waals surface area contributed by atoms with E-state index in [1.165, 1.54) is 0 Å². The van der Waals surface area contributed by atoms with Crippen molar-refractivity contribution < 1.29 is 19.4 Å². The molecule has 6 nitrogen and oxygen atoms in total. The van der Waals surface area contributed by atoms with Crippen LogP contribution in [0, 0.1) is 11.3 Å². The Balaban J connectivity index is 2.88. The summed E-state index contributed by atoms with van der Waals surface area (Å²) in [4.78, 5) is 23.2. The number of ether oxygens (including phenoxy) is 1. The number of rotatable bonds is 4. The minimum absolute atomic E-state index is 0.474. The number of aliphatic carboxylic acids is 1. The number of nitriles is 1. The number of carbonyl (C=O) groups is 2. The van der Waals surface area contributed by atoms with Gasteiger partial charge in [-0.2, -0.15) is 5.26 Å². The van der Waals surface area contributed by atoms with Crippen LogP contribution in [0.5, 0.6) is 0 Å². The Kier molecular flexibility index (Phi) is 5.52. The summed E-state index contributed by atoms with van der Waals surface area (Å²) in [6.45, 7) is 6.79. The minimum atomic E-state index is -1.15. The SMILES string of the molecule is CC(c1ccc(C#N)cc1)[C@@H](NC(=O)OC(C)(C)C)C(=O)O. The Morgan fingerprint density at radius 2 is 1.82 bits per heavy atom. The van der Waals surface area contributed by atoms with E-state index in [0.717, 1.165) is 0 Å². The van der Waals surface area contributed by atoms with Gasteiger partial charge in [0.1, 0.15) is 11.6 Å². The van der Waals surface area contributed by atoms with E-state index in [-0.39, 0.29) is 0 Å². The highest BCUT2D eigenvalue weighted by Gasteiger charge is 2.29. The first-order valence-electron chi connectivity index (χ1n) is 6.86. The van der Waals surface area contributed by atoms with Crippen LogP contribution in [0.15, 0.2) is 24.3 Å². The number of hydrogen-bond acceptors (Lipinski definition) is 4. The normalized spacial score (nSPS) is 13.6. The van der Waals surface area contributed by atoms with E-state index in [9.17, 15) is 14.7 Å². The fourth-order valence-electron chi connectivity index (χ4n) is 1.89. The molecule has 2 atom stereocenters. The Morgan fingerprint density at radius 3 is 2.23 bits per heavy atom. The zero-order valence-corrected chi connectivity index (χ0v) is 13.1. The monoisotopic (exact) mass is 304 g/mol. The number of nitrogens with zero attached hydrogens (tertiary/aromatic N) is 1. The summed E-state index contributed by atoms with van der Waals surface area (Å²) in [6, 6.07) is 7.45. The molecule has 118 valence electrons. The topological polar surface area (TPSA) is 99.4 Å². The van der Waals surface area contributed by atoms with Gasteiger partial charge in [0, 0.05) is 5.92 Å². The first kappa shape index (κ1) is 17.5. The molecular formula is C16H20N2O4. The summed E-state index contributed by atoms with van der Waals surface area (Å²) >= 11 is 0. The maximum absolute atomic E-state index is 11.8. The van der Waals surface area contributed by atoms with Crippen LogP contribution in [-0.4, -0.2) is 28.8 Å². The van der Waals surface area contributed by atoms with Gasteiger partial charge >= 0.3 is 12.1 Å². The van der Waals surface area contributed by atoms with Gasteiger partial charge in [0.25, 0.3) is 0 Å². The molecule has 0 aliphatic rings. The van der Waals surface area contributed by atoms with Crippen molar-refractivity contribution >= 4 is 12.1 Å². The van der Waals surface area contributed by atoms with Crippen LogP contribution in [-0.2, 0) is 9.53 Å². The number of carboxylic acids is 1. The molecule has 0 saturated carbocycles. The second-order valence-electron chi connectivity index (χ2n) is 5.98. The molecule has 0 radical (unpaired) electrons. The van der Waals surface area contributed by atoms with Crippen LogP contribution in [0.2, 0.25) is 0 Å². The maximum atomic E-state index is 11.8. The van der Waals surface area contributed by atoms with Crippen LogP contribution >= 0.6 is 0 Å². The average molecular weight is 304 g/mol. The summed E-state index contributed by atoms with van der Waals surface area (Å²) in [5.41, 5.74) is 0.496. The third-order valence-electron chi connectivity index (χ3n) is 3.00. The van der Waals surface area contributed by atoms with Crippen LogP contribution < -0.4 is 5.32 Å². The Hall–Kier alpha value is -2.55. The molecule has 0 saturated heterocycles. The molecule has 2 N–H and O–H groups in total. The molecule has 0 bridgehead atoms. The largest absolute Gasteiger partial charge is 0.480 e. The van der Waals surface area contributed by atoms with E-state index in [1.54, 1.807) is 52.0 Å². The second-order valence-corrected chi connectivity index (χ2v) is 5.98. The smallest absolute Gasteiger partial charge is 0.408 e. The van der Waals surface area contributed by atoms with Crippen molar-refractivity contribution in [2.75, 3.05) is 0 Å². The highest BCUT2D eigenvalue weighted by Crippen LogP contribution is 2.20. The van der Waals surface area contributed by atoms with Gasteiger partial charge in [0.15, 0.2) is 0 Å². The van der Waals surface area contributed by atoms with Gasteiger partial charge in [-0.05, 0) is 38.5 Å². The summed E-state index contributed by atoms with van der Waals surface area (Å²) < 4.78 is 5.08. The lowest BCUT2D eigenvalue weighted by Crippen LogP contribution is -2.46. The van der Waals surface area contributed by atoms with Crippen LogP contribution in [0.3, 0.4) is 0 Å². The van der Waals surface area contributed by atoms with Crippen molar-refractivity contribution in [3.05, 3.63) is 35.4 Å². The third-order valence-corrected chi connectivity index (χ3v) is 3.00.